The number of hydrogen-bond acceptors (Lipinski definition) is 5. The molecular formula is C11H20O4S. The Morgan fingerprint density at radius 2 is 2.06 bits per heavy atom. The van der Waals surface area contributed by atoms with E-state index in [0.717, 1.165) is 0 Å². The number of hydrogen-bond donors (Lipinski definition) is 1. The average molecular weight is 248 g/mol. The second-order valence-electron chi connectivity index (χ2n) is 3.62. The zero-order chi connectivity index (χ0) is 12.0. The van der Waals surface area contributed by atoms with E-state index in [1.54, 1.807) is 0 Å². The van der Waals surface area contributed by atoms with Crippen LogP contribution in [0.5, 0.6) is 0 Å². The molecule has 0 aliphatic carbocycles. The molecule has 1 fully saturated rings. The van der Waals surface area contributed by atoms with Crippen LogP contribution in [-0.4, -0.2) is 43.2 Å². The fourth-order valence-electron chi connectivity index (χ4n) is 1.98. The summed E-state index contributed by atoms with van der Waals surface area (Å²) in [5, 5.41) is 0. The summed E-state index contributed by atoms with van der Waals surface area (Å²) in [6, 6.07) is 0. The Morgan fingerprint density at radius 3 is 2.56 bits per heavy atom. The quantitative estimate of drug-likeness (QED) is 0.547. The highest BCUT2D eigenvalue weighted by atomic mass is 32.1. The summed E-state index contributed by atoms with van der Waals surface area (Å²) in [6.45, 7) is 5.30. The standard InChI is InChI=1S/C11H20O4S/c1-3-14-11(15-4-2)6-7-13-10(11)9(12)5-8-16/h10,16H,3-8H2,1-2H3. The smallest absolute Gasteiger partial charge is 0.204 e. The number of ketones is 1. The van der Waals surface area contributed by atoms with Crippen molar-refractivity contribution in [1.29, 1.82) is 0 Å². The summed E-state index contributed by atoms with van der Waals surface area (Å²) >= 11 is 4.06. The molecule has 94 valence electrons. The first-order chi connectivity index (χ1) is 7.70. The van der Waals surface area contributed by atoms with E-state index in [0.29, 0.717) is 38.4 Å². The number of Topliss-reactive ketones (excluding diaryl/α,β-unsaturated/α-hetero) is 1. The first-order valence-electron chi connectivity index (χ1n) is 5.73. The van der Waals surface area contributed by atoms with Crippen molar-refractivity contribution >= 4 is 18.4 Å². The Bertz CT molecular complexity index is 226. The number of carbonyl (C=O) groups is 1. The van der Waals surface area contributed by atoms with Crippen molar-refractivity contribution < 1.29 is 19.0 Å². The highest BCUT2D eigenvalue weighted by molar-refractivity contribution is 7.80. The predicted octanol–water partition coefficient (Wildman–Crippen LogP) is 1.43. The molecule has 0 N–H and O–H groups in total. The lowest BCUT2D eigenvalue weighted by Gasteiger charge is -2.32. The van der Waals surface area contributed by atoms with Gasteiger partial charge >= 0.3 is 0 Å². The summed E-state index contributed by atoms with van der Waals surface area (Å²) in [4.78, 5) is 11.9. The highest BCUT2D eigenvalue weighted by Gasteiger charge is 2.49. The minimum Gasteiger partial charge on any atom is -0.365 e. The Morgan fingerprint density at radius 1 is 1.44 bits per heavy atom. The topological polar surface area (TPSA) is 44.8 Å². The van der Waals surface area contributed by atoms with Gasteiger partial charge in [0.05, 0.1) is 6.61 Å². The van der Waals surface area contributed by atoms with Gasteiger partial charge in [-0.3, -0.25) is 4.79 Å². The van der Waals surface area contributed by atoms with Crippen molar-refractivity contribution in [2.75, 3.05) is 25.6 Å². The summed E-state index contributed by atoms with van der Waals surface area (Å²) < 4.78 is 16.7. The van der Waals surface area contributed by atoms with Crippen LogP contribution in [0.1, 0.15) is 26.7 Å². The van der Waals surface area contributed by atoms with Crippen LogP contribution in [0.2, 0.25) is 0 Å². The summed E-state index contributed by atoms with van der Waals surface area (Å²) in [5.41, 5.74) is 0. The van der Waals surface area contributed by atoms with Crippen molar-refractivity contribution in [3.8, 4) is 0 Å². The van der Waals surface area contributed by atoms with Crippen LogP contribution in [0, 0.1) is 0 Å². The van der Waals surface area contributed by atoms with E-state index in [1.807, 2.05) is 13.8 Å². The van der Waals surface area contributed by atoms with Gasteiger partial charge in [0.1, 0.15) is 0 Å². The first kappa shape index (κ1) is 14.0. The van der Waals surface area contributed by atoms with Crippen LogP contribution in [0.4, 0.5) is 0 Å². The number of rotatable bonds is 7. The maximum atomic E-state index is 11.9. The number of ether oxygens (including phenoxy) is 3. The minimum absolute atomic E-state index is 0.00870. The molecule has 1 heterocycles. The van der Waals surface area contributed by atoms with Gasteiger partial charge in [0.25, 0.3) is 0 Å². The molecule has 0 spiro atoms. The molecule has 1 saturated heterocycles. The zero-order valence-electron chi connectivity index (χ0n) is 9.90. The second kappa shape index (κ2) is 6.59. The third kappa shape index (κ3) is 2.97. The third-order valence-electron chi connectivity index (χ3n) is 2.56. The first-order valence-corrected chi connectivity index (χ1v) is 6.36. The zero-order valence-corrected chi connectivity index (χ0v) is 10.8. The fraction of sp³-hybridized carbons (Fsp3) is 0.909. The van der Waals surface area contributed by atoms with E-state index in [2.05, 4.69) is 12.6 Å². The molecule has 5 heteroatoms. The van der Waals surface area contributed by atoms with Gasteiger partial charge in [-0.15, -0.1) is 0 Å². The van der Waals surface area contributed by atoms with Crippen molar-refractivity contribution in [2.24, 2.45) is 0 Å². The van der Waals surface area contributed by atoms with Gasteiger partial charge in [-0.1, -0.05) is 0 Å². The molecular weight excluding hydrogens is 228 g/mol. The van der Waals surface area contributed by atoms with Gasteiger partial charge in [0.15, 0.2) is 11.9 Å². The van der Waals surface area contributed by atoms with Crippen LogP contribution in [0.25, 0.3) is 0 Å². The number of carbonyl (C=O) groups excluding carboxylic acids is 1. The maximum absolute atomic E-state index is 11.9. The van der Waals surface area contributed by atoms with E-state index in [9.17, 15) is 4.79 Å². The van der Waals surface area contributed by atoms with Crippen molar-refractivity contribution in [1.82, 2.24) is 0 Å². The Hall–Kier alpha value is -0.100. The van der Waals surface area contributed by atoms with E-state index >= 15 is 0 Å². The highest BCUT2D eigenvalue weighted by Crippen LogP contribution is 2.32. The Balaban J connectivity index is 2.75. The lowest BCUT2D eigenvalue weighted by Crippen LogP contribution is -2.48. The van der Waals surface area contributed by atoms with Crippen molar-refractivity contribution in [2.45, 2.75) is 38.6 Å². The summed E-state index contributed by atoms with van der Waals surface area (Å²) in [6.07, 6.45) is 0.396. The molecule has 16 heavy (non-hydrogen) atoms. The Kier molecular flexibility index (Phi) is 5.75. The van der Waals surface area contributed by atoms with Gasteiger partial charge in [0, 0.05) is 26.1 Å². The molecule has 0 radical (unpaired) electrons. The third-order valence-corrected chi connectivity index (χ3v) is 2.79. The van der Waals surface area contributed by atoms with E-state index < -0.39 is 11.9 Å². The minimum atomic E-state index is -0.871. The molecule has 4 nitrogen and oxygen atoms in total. The Labute approximate surface area is 102 Å². The van der Waals surface area contributed by atoms with Gasteiger partial charge in [-0.05, 0) is 19.6 Å². The SMILES string of the molecule is CCOC1(OCC)CCOC1C(=O)CCS. The largest absolute Gasteiger partial charge is 0.365 e. The second-order valence-corrected chi connectivity index (χ2v) is 4.07. The summed E-state index contributed by atoms with van der Waals surface area (Å²) in [7, 11) is 0. The van der Waals surface area contributed by atoms with E-state index in [4.69, 9.17) is 14.2 Å². The van der Waals surface area contributed by atoms with Crippen LogP contribution in [0.15, 0.2) is 0 Å². The van der Waals surface area contributed by atoms with E-state index in [1.165, 1.54) is 0 Å². The van der Waals surface area contributed by atoms with Crippen molar-refractivity contribution in [3.63, 3.8) is 0 Å². The molecule has 0 saturated carbocycles. The van der Waals surface area contributed by atoms with Crippen LogP contribution >= 0.6 is 12.6 Å². The molecule has 0 aromatic rings. The lowest BCUT2D eigenvalue weighted by molar-refractivity contribution is -0.250. The molecule has 1 atom stereocenters. The van der Waals surface area contributed by atoms with Crippen LogP contribution in [0.3, 0.4) is 0 Å². The molecule has 1 aliphatic rings. The molecule has 0 bridgehead atoms. The maximum Gasteiger partial charge on any atom is 0.204 e. The van der Waals surface area contributed by atoms with Gasteiger partial charge in [-0.25, -0.2) is 0 Å². The van der Waals surface area contributed by atoms with Gasteiger partial charge in [-0.2, -0.15) is 12.6 Å². The van der Waals surface area contributed by atoms with Crippen LogP contribution in [-0.2, 0) is 19.0 Å². The molecule has 0 amide bonds. The van der Waals surface area contributed by atoms with Gasteiger partial charge in [0.2, 0.25) is 5.79 Å². The molecule has 1 rings (SSSR count). The molecule has 0 aromatic carbocycles. The predicted molar refractivity (Wildman–Crippen MR) is 63.8 cm³/mol. The number of thiol groups is 1. The van der Waals surface area contributed by atoms with Gasteiger partial charge < -0.3 is 14.2 Å². The van der Waals surface area contributed by atoms with Crippen LogP contribution < -0.4 is 0 Å². The molecule has 0 aromatic heterocycles. The average Bonchev–Trinajstić information content (AvgIpc) is 2.63. The normalized spacial score (nSPS) is 23.6. The van der Waals surface area contributed by atoms with E-state index in [-0.39, 0.29) is 5.78 Å². The monoisotopic (exact) mass is 248 g/mol. The summed E-state index contributed by atoms with van der Waals surface area (Å²) in [5.74, 6) is -0.342. The molecule has 1 unspecified atom stereocenters. The van der Waals surface area contributed by atoms with Crippen molar-refractivity contribution in [3.05, 3.63) is 0 Å². The lowest BCUT2D eigenvalue weighted by atomic mass is 10.0. The fourth-order valence-corrected chi connectivity index (χ4v) is 2.20. The molecule has 1 aliphatic heterocycles.